The molecular formula is C10H20N4O3. The summed E-state index contributed by atoms with van der Waals surface area (Å²) in [6.07, 6.45) is 1.61. The van der Waals surface area contributed by atoms with Crippen LogP contribution in [-0.2, 0) is 9.63 Å². The zero-order chi connectivity index (χ0) is 12.8. The monoisotopic (exact) mass is 244 g/mol. The molecule has 3 N–H and O–H groups in total. The molecule has 0 aromatic carbocycles. The van der Waals surface area contributed by atoms with Crippen molar-refractivity contribution in [3.05, 3.63) is 0 Å². The van der Waals surface area contributed by atoms with Crippen LogP contribution in [0.3, 0.4) is 0 Å². The molecule has 1 aliphatic rings. The van der Waals surface area contributed by atoms with Gasteiger partial charge in [-0.05, 0) is 12.8 Å². The van der Waals surface area contributed by atoms with E-state index >= 15 is 0 Å². The van der Waals surface area contributed by atoms with Gasteiger partial charge in [-0.15, -0.1) is 0 Å². The number of urea groups is 1. The lowest BCUT2D eigenvalue weighted by Gasteiger charge is -2.33. The lowest BCUT2D eigenvalue weighted by Crippen LogP contribution is -2.48. The Kier molecular flexibility index (Phi) is 5.17. The molecule has 0 saturated carbocycles. The van der Waals surface area contributed by atoms with E-state index in [0.717, 1.165) is 12.8 Å². The van der Waals surface area contributed by atoms with Gasteiger partial charge in [-0.25, -0.2) is 4.79 Å². The van der Waals surface area contributed by atoms with Crippen LogP contribution in [0.2, 0.25) is 0 Å². The van der Waals surface area contributed by atoms with Crippen LogP contribution < -0.4 is 11.2 Å². The molecule has 0 spiro atoms. The minimum Gasteiger partial charge on any atom is -0.368 e. The number of carbonyl (C=O) groups is 2. The van der Waals surface area contributed by atoms with E-state index in [4.69, 9.17) is 10.6 Å². The quantitative estimate of drug-likeness (QED) is 0.630. The number of nitrogens with one attached hydrogen (secondary N) is 1. The fourth-order valence-corrected chi connectivity index (χ4v) is 1.70. The first kappa shape index (κ1) is 13.7. The van der Waals surface area contributed by atoms with Crippen LogP contribution >= 0.6 is 0 Å². The van der Waals surface area contributed by atoms with Crippen LogP contribution in [0.5, 0.6) is 0 Å². The van der Waals surface area contributed by atoms with Gasteiger partial charge in [0, 0.05) is 33.2 Å². The van der Waals surface area contributed by atoms with Gasteiger partial charge in [0.1, 0.15) is 6.61 Å². The number of rotatable bonds is 4. The summed E-state index contributed by atoms with van der Waals surface area (Å²) in [6, 6.07) is 0.196. The number of piperidine rings is 1. The number of nitrogens with zero attached hydrogens (tertiary/aromatic N) is 2. The molecule has 1 fully saturated rings. The van der Waals surface area contributed by atoms with E-state index in [1.807, 2.05) is 0 Å². The Balaban J connectivity index is 2.21. The first-order valence-corrected chi connectivity index (χ1v) is 5.62. The van der Waals surface area contributed by atoms with Crippen LogP contribution in [0.25, 0.3) is 0 Å². The van der Waals surface area contributed by atoms with Gasteiger partial charge >= 0.3 is 6.03 Å². The van der Waals surface area contributed by atoms with E-state index < -0.39 is 5.91 Å². The summed E-state index contributed by atoms with van der Waals surface area (Å²) in [5.41, 5.74) is 7.73. The molecule has 1 heterocycles. The number of amides is 3. The Bertz CT molecular complexity index is 275. The number of carbonyl (C=O) groups excluding carboxylic acids is 2. The van der Waals surface area contributed by atoms with Crippen LogP contribution in [0.4, 0.5) is 4.79 Å². The zero-order valence-corrected chi connectivity index (χ0v) is 10.3. The molecule has 98 valence electrons. The summed E-state index contributed by atoms with van der Waals surface area (Å²) in [4.78, 5) is 30.4. The maximum atomic E-state index is 11.6. The summed E-state index contributed by atoms with van der Waals surface area (Å²) in [5, 5.41) is 0. The van der Waals surface area contributed by atoms with Crippen LogP contribution in [0.15, 0.2) is 0 Å². The van der Waals surface area contributed by atoms with Crippen molar-refractivity contribution in [1.82, 2.24) is 15.3 Å². The second-order valence-electron chi connectivity index (χ2n) is 4.31. The molecule has 0 radical (unpaired) electrons. The van der Waals surface area contributed by atoms with Crippen molar-refractivity contribution in [3.63, 3.8) is 0 Å². The van der Waals surface area contributed by atoms with Crippen molar-refractivity contribution in [1.29, 1.82) is 0 Å². The van der Waals surface area contributed by atoms with E-state index in [-0.39, 0.29) is 18.7 Å². The maximum Gasteiger partial charge on any atom is 0.319 e. The summed E-state index contributed by atoms with van der Waals surface area (Å²) in [5.74, 6) is -0.502. The molecule has 1 aliphatic heterocycles. The Hall–Kier alpha value is -1.34. The second-order valence-corrected chi connectivity index (χ2v) is 4.31. The minimum atomic E-state index is -0.502. The van der Waals surface area contributed by atoms with Crippen molar-refractivity contribution in [2.45, 2.75) is 18.9 Å². The highest BCUT2D eigenvalue weighted by molar-refractivity contribution is 5.75. The number of hydrogen-bond donors (Lipinski definition) is 2. The van der Waals surface area contributed by atoms with Gasteiger partial charge in [-0.1, -0.05) is 0 Å². The lowest BCUT2D eigenvalue weighted by molar-refractivity contribution is -0.126. The summed E-state index contributed by atoms with van der Waals surface area (Å²) in [6.45, 7) is 1.25. The highest BCUT2D eigenvalue weighted by atomic mass is 16.6. The summed E-state index contributed by atoms with van der Waals surface area (Å²) >= 11 is 0. The van der Waals surface area contributed by atoms with Crippen molar-refractivity contribution in [2.24, 2.45) is 5.73 Å². The lowest BCUT2D eigenvalue weighted by atomic mass is 10.1. The number of likely N-dealkylation sites (tertiary alicyclic amines) is 1. The van der Waals surface area contributed by atoms with Crippen LogP contribution in [0.1, 0.15) is 12.8 Å². The maximum absolute atomic E-state index is 11.6. The molecule has 17 heavy (non-hydrogen) atoms. The first-order valence-electron chi connectivity index (χ1n) is 5.62. The van der Waals surface area contributed by atoms with E-state index in [1.165, 1.54) is 0 Å². The van der Waals surface area contributed by atoms with Gasteiger partial charge in [0.2, 0.25) is 5.91 Å². The molecule has 0 atom stereocenters. The number of hydroxylamine groups is 1. The third-order valence-corrected chi connectivity index (χ3v) is 2.61. The molecule has 1 saturated heterocycles. The summed E-state index contributed by atoms with van der Waals surface area (Å²) < 4.78 is 0. The molecular weight excluding hydrogens is 224 g/mol. The predicted octanol–water partition coefficient (Wildman–Crippen LogP) is -0.861. The van der Waals surface area contributed by atoms with Gasteiger partial charge in [0.05, 0.1) is 0 Å². The van der Waals surface area contributed by atoms with Crippen LogP contribution in [0, 0.1) is 0 Å². The molecule has 0 bridgehead atoms. The number of primary amides is 1. The van der Waals surface area contributed by atoms with Crippen LogP contribution in [-0.4, -0.2) is 61.6 Å². The van der Waals surface area contributed by atoms with Gasteiger partial charge in [-0.2, -0.15) is 5.48 Å². The Morgan fingerprint density at radius 1 is 1.41 bits per heavy atom. The van der Waals surface area contributed by atoms with Gasteiger partial charge < -0.3 is 15.5 Å². The third-order valence-electron chi connectivity index (χ3n) is 2.61. The smallest absolute Gasteiger partial charge is 0.319 e. The van der Waals surface area contributed by atoms with E-state index in [0.29, 0.717) is 13.1 Å². The zero-order valence-electron chi connectivity index (χ0n) is 10.3. The average molecular weight is 244 g/mol. The van der Waals surface area contributed by atoms with E-state index in [9.17, 15) is 9.59 Å². The number of nitrogens with two attached hydrogens (primary N) is 1. The second kappa shape index (κ2) is 6.41. The van der Waals surface area contributed by atoms with Gasteiger partial charge in [0.15, 0.2) is 0 Å². The van der Waals surface area contributed by atoms with E-state index in [2.05, 4.69) is 5.48 Å². The van der Waals surface area contributed by atoms with E-state index in [1.54, 1.807) is 23.9 Å². The van der Waals surface area contributed by atoms with Gasteiger partial charge in [-0.3, -0.25) is 9.63 Å². The van der Waals surface area contributed by atoms with Crippen molar-refractivity contribution >= 4 is 11.9 Å². The molecule has 7 nitrogen and oxygen atoms in total. The van der Waals surface area contributed by atoms with Gasteiger partial charge in [0.25, 0.3) is 0 Å². The first-order chi connectivity index (χ1) is 8.00. The molecule has 0 aliphatic carbocycles. The highest BCUT2D eigenvalue weighted by Crippen LogP contribution is 2.11. The third kappa shape index (κ3) is 4.58. The average Bonchev–Trinajstić information content (AvgIpc) is 2.28. The molecule has 0 aromatic heterocycles. The predicted molar refractivity (Wildman–Crippen MR) is 62.0 cm³/mol. The molecule has 7 heteroatoms. The topological polar surface area (TPSA) is 87.9 Å². The molecule has 0 aromatic rings. The van der Waals surface area contributed by atoms with Crippen molar-refractivity contribution in [3.8, 4) is 0 Å². The summed E-state index contributed by atoms with van der Waals surface area (Å²) in [7, 11) is 3.48. The SMILES string of the molecule is CN(C)C(=O)N1CCC(NOCC(N)=O)CC1. The highest BCUT2D eigenvalue weighted by Gasteiger charge is 2.23. The van der Waals surface area contributed by atoms with Crippen molar-refractivity contribution in [2.75, 3.05) is 33.8 Å². The van der Waals surface area contributed by atoms with Crippen molar-refractivity contribution < 1.29 is 14.4 Å². The Labute approximate surface area is 101 Å². The normalized spacial score (nSPS) is 16.9. The standard InChI is InChI=1S/C10H20N4O3/c1-13(2)10(16)14-5-3-8(4-6-14)12-17-7-9(11)15/h8,12H,3-7H2,1-2H3,(H2,11,15). The fraction of sp³-hybridized carbons (Fsp3) is 0.800. The fourth-order valence-electron chi connectivity index (χ4n) is 1.70. The Morgan fingerprint density at radius 2 is 2.00 bits per heavy atom. The molecule has 1 rings (SSSR count). The largest absolute Gasteiger partial charge is 0.368 e. The molecule has 3 amide bonds. The molecule has 0 unspecified atom stereocenters. The minimum absolute atomic E-state index is 0.0292. The number of hydrogen-bond acceptors (Lipinski definition) is 4. The Morgan fingerprint density at radius 3 is 2.47 bits per heavy atom.